The molecule has 0 bridgehead atoms. The first-order valence-electron chi connectivity index (χ1n) is 33.6. The molecule has 1 aliphatic heterocycles. The van der Waals surface area contributed by atoms with Crippen molar-refractivity contribution in [2.75, 3.05) is 67.9 Å². The van der Waals surface area contributed by atoms with Crippen LogP contribution in [0.2, 0.25) is 0 Å². The zero-order valence-electron chi connectivity index (χ0n) is 62.1. The average Bonchev–Trinajstić information content (AvgIpc) is 0.808. The summed E-state index contributed by atoms with van der Waals surface area (Å²) >= 11 is 1.05. The number of nitrogens with one attached hydrogen (secondary N) is 4. The third-order valence-electron chi connectivity index (χ3n) is 17.7. The van der Waals surface area contributed by atoms with Gasteiger partial charge in [0.1, 0.15) is 72.5 Å². The predicted octanol–water partition coefficient (Wildman–Crippen LogP) is 3.12. The van der Waals surface area contributed by atoms with E-state index >= 15 is 28.8 Å². The second-order valence-electron chi connectivity index (χ2n) is 28.7. The molecule has 0 aromatic carbocycles. The van der Waals surface area contributed by atoms with Crippen LogP contribution in [0.5, 0.6) is 0 Å². The van der Waals surface area contributed by atoms with Crippen LogP contribution in [0.1, 0.15) is 157 Å². The number of aliphatic hydroxyl groups is 1. The van der Waals surface area contributed by atoms with Gasteiger partial charge in [0, 0.05) is 60.8 Å². The smallest absolute Gasteiger partial charge is 0.323 e. The summed E-state index contributed by atoms with van der Waals surface area (Å²) in [5.74, 6) is -12.3. The number of ether oxygens (including phenoxy) is 1. The predicted molar refractivity (Wildman–Crippen MR) is 369 cm³/mol. The van der Waals surface area contributed by atoms with E-state index in [1.807, 2.05) is 55.4 Å². The van der Waals surface area contributed by atoms with Gasteiger partial charge in [0.25, 0.3) is 0 Å². The molecular weight excluding hydrogens is 1240 g/mol. The van der Waals surface area contributed by atoms with Crippen molar-refractivity contribution < 1.29 is 67.4 Å². The molecule has 11 amide bonds. The van der Waals surface area contributed by atoms with E-state index in [0.717, 1.165) is 21.6 Å². The Bertz CT molecular complexity index is 2640. The summed E-state index contributed by atoms with van der Waals surface area (Å²) in [5, 5.41) is 23.4. The zero-order chi connectivity index (χ0) is 73.7. The third-order valence-corrected chi connectivity index (χ3v) is 18.8. The van der Waals surface area contributed by atoms with E-state index in [2.05, 4.69) is 21.3 Å². The van der Waals surface area contributed by atoms with E-state index in [0.29, 0.717) is 0 Å². The standard InChI is InChI=1S/C68H122N12O14S/c1-27-28-29-43(16)56(81)55-60(85)73-53(41(12)13)66(91)78(23)51(35-95-34-46(69)68(93)94-26)64(89)74(19)48(31-37(4)5)59(84)72-52(40(10)11)65(90)75(20)47(30-36(2)3)58(83)70-44(17)57(82)71-45(18)61(86)76(21)49(32-38(6)7)62(87)77(22)50(33-39(8)9)63(88)79(24)54(42(14)15)67(92)80(55)25/h27-28,36-56,81H,29-35,69H2,1-26H3,(H,70,83)(H,71,82)(H,72,84)(H,73,85)/b28-27+/t43-,44+,45-,46+,47?,48+,49+,50+,51-,52+,53+,54+,55+,56-/m1/s1. The van der Waals surface area contributed by atoms with Gasteiger partial charge in [-0.25, -0.2) is 0 Å². The Hall–Kier alpha value is -6.35. The third kappa shape index (κ3) is 24.6. The van der Waals surface area contributed by atoms with Crippen LogP contribution in [0.25, 0.3) is 0 Å². The van der Waals surface area contributed by atoms with Crippen molar-refractivity contribution in [1.82, 2.24) is 55.6 Å². The number of methoxy groups -OCH3 is 1. The number of aliphatic hydroxyl groups excluding tert-OH is 1. The van der Waals surface area contributed by atoms with Gasteiger partial charge in [-0.05, 0) is 100 Å². The molecule has 0 aromatic heterocycles. The number of allylic oxidation sites excluding steroid dienone is 2. The van der Waals surface area contributed by atoms with E-state index < -0.39 is 173 Å². The fraction of sp³-hybridized carbons (Fsp3) is 0.794. The SMILES string of the molecule is C/C=C/C[C@@H](C)[C@@H](O)[C@H]1C(=O)N[C@@H](C(C)C)C(=O)N(C)[C@H](CSC[C@H](N)C(=O)OC)C(=O)N(C)[C@@H](CC(C)C)C(=O)N[C@@H](C(C)C)C(=O)N(C)C(CC(C)C)C(=O)N[C@@H](C)C(=O)N[C@H](C)C(=O)N(C)[C@@H](CC(C)C)C(=O)N(C)[C@@H](CC(C)C)C(=O)N(C)[C@@H](C(C)C)C(=O)N1C. The lowest BCUT2D eigenvalue weighted by Gasteiger charge is -2.42. The van der Waals surface area contributed by atoms with Crippen LogP contribution in [-0.4, -0.2) is 257 Å². The summed E-state index contributed by atoms with van der Waals surface area (Å²) in [4.78, 5) is 185. The van der Waals surface area contributed by atoms with Crippen molar-refractivity contribution in [2.24, 2.45) is 53.1 Å². The Morgan fingerprint density at radius 3 is 1.25 bits per heavy atom. The van der Waals surface area contributed by atoms with Gasteiger partial charge in [0.05, 0.1) is 13.2 Å². The van der Waals surface area contributed by atoms with Crippen LogP contribution in [0.4, 0.5) is 0 Å². The fourth-order valence-corrected chi connectivity index (χ4v) is 12.8. The number of rotatable bonds is 20. The maximum Gasteiger partial charge on any atom is 0.323 e. The summed E-state index contributed by atoms with van der Waals surface area (Å²) in [5.41, 5.74) is 6.16. The van der Waals surface area contributed by atoms with Crippen molar-refractivity contribution in [1.29, 1.82) is 0 Å². The minimum Gasteiger partial charge on any atom is -0.468 e. The number of likely N-dealkylation sites (N-methyl/N-ethyl adjacent to an activating group) is 7. The molecule has 0 aromatic rings. The topological polar surface area (TPSA) is 331 Å². The molecule has 27 heteroatoms. The van der Waals surface area contributed by atoms with Crippen molar-refractivity contribution in [3.05, 3.63) is 12.2 Å². The highest BCUT2D eigenvalue weighted by molar-refractivity contribution is 7.99. The van der Waals surface area contributed by atoms with Gasteiger partial charge in [-0.1, -0.05) is 116 Å². The molecule has 1 rings (SSSR count). The molecule has 14 atom stereocenters. The number of nitrogens with zero attached hydrogens (tertiary/aromatic N) is 7. The molecule has 7 N–H and O–H groups in total. The molecule has 0 aliphatic carbocycles. The first kappa shape index (κ1) is 86.7. The Morgan fingerprint density at radius 1 is 0.474 bits per heavy atom. The van der Waals surface area contributed by atoms with Crippen molar-refractivity contribution in [2.45, 2.75) is 235 Å². The molecule has 1 heterocycles. The molecule has 0 saturated carbocycles. The number of carbonyl (C=O) groups excluding carboxylic acids is 12. The fourth-order valence-electron chi connectivity index (χ4n) is 11.6. The summed E-state index contributed by atoms with van der Waals surface area (Å²) in [6.45, 7) is 31.3. The Balaban J connectivity index is 4.62. The summed E-state index contributed by atoms with van der Waals surface area (Å²) in [7, 11) is 11.0. The van der Waals surface area contributed by atoms with Gasteiger partial charge in [0.15, 0.2) is 0 Å². The van der Waals surface area contributed by atoms with E-state index in [1.54, 1.807) is 67.5 Å². The molecule has 0 radical (unpaired) electrons. The van der Waals surface area contributed by atoms with Gasteiger partial charge in [-0.3, -0.25) is 57.5 Å². The van der Waals surface area contributed by atoms with Crippen LogP contribution in [0.15, 0.2) is 12.2 Å². The molecule has 544 valence electrons. The molecule has 1 unspecified atom stereocenters. The highest BCUT2D eigenvalue weighted by atomic mass is 32.2. The van der Waals surface area contributed by atoms with Gasteiger partial charge in [-0.2, -0.15) is 11.8 Å². The lowest BCUT2D eigenvalue weighted by Crippen LogP contribution is -2.64. The number of esters is 1. The molecule has 95 heavy (non-hydrogen) atoms. The lowest BCUT2D eigenvalue weighted by atomic mass is 9.91. The second kappa shape index (κ2) is 39.8. The minimum absolute atomic E-state index is 0.0629. The average molecular weight is 1360 g/mol. The minimum atomic E-state index is -1.70. The normalized spacial score (nSPS) is 26.5. The van der Waals surface area contributed by atoms with E-state index in [-0.39, 0.29) is 67.3 Å². The van der Waals surface area contributed by atoms with Gasteiger partial charge in [-0.15, -0.1) is 0 Å². The van der Waals surface area contributed by atoms with Crippen LogP contribution in [0.3, 0.4) is 0 Å². The Kier molecular flexibility index (Phi) is 36.3. The number of thioether (sulfide) groups is 1. The van der Waals surface area contributed by atoms with Crippen molar-refractivity contribution >= 4 is 82.7 Å². The van der Waals surface area contributed by atoms with E-state index in [4.69, 9.17) is 10.5 Å². The van der Waals surface area contributed by atoms with Crippen LogP contribution in [0, 0.1) is 47.3 Å². The Morgan fingerprint density at radius 2 is 0.832 bits per heavy atom. The summed E-state index contributed by atoms with van der Waals surface area (Å²) in [6.07, 6.45) is 2.69. The zero-order valence-corrected chi connectivity index (χ0v) is 62.9. The first-order valence-corrected chi connectivity index (χ1v) is 34.8. The van der Waals surface area contributed by atoms with Crippen molar-refractivity contribution in [3.8, 4) is 0 Å². The van der Waals surface area contributed by atoms with E-state index in [1.165, 1.54) is 94.8 Å². The molecule has 0 spiro atoms. The van der Waals surface area contributed by atoms with E-state index in [9.17, 15) is 33.9 Å². The maximum atomic E-state index is 15.4. The molecular formula is C68H122N12O14S. The Labute approximate surface area is 571 Å². The number of amides is 11. The molecule has 1 saturated heterocycles. The quantitative estimate of drug-likeness (QED) is 0.0753. The van der Waals surface area contributed by atoms with Crippen LogP contribution in [-0.2, 0) is 62.3 Å². The lowest BCUT2D eigenvalue weighted by molar-refractivity contribution is -0.157. The maximum absolute atomic E-state index is 15.4. The highest BCUT2D eigenvalue weighted by Crippen LogP contribution is 2.27. The largest absolute Gasteiger partial charge is 0.468 e. The van der Waals surface area contributed by atoms with Gasteiger partial charge >= 0.3 is 5.97 Å². The van der Waals surface area contributed by atoms with Gasteiger partial charge < -0.3 is 71.1 Å². The number of hydrogen-bond donors (Lipinski definition) is 6. The monoisotopic (exact) mass is 1360 g/mol. The first-order chi connectivity index (χ1) is 43.9. The van der Waals surface area contributed by atoms with Crippen LogP contribution >= 0.6 is 11.8 Å². The summed E-state index contributed by atoms with van der Waals surface area (Å²) in [6, 6.07) is -15.6. The second-order valence-corrected chi connectivity index (χ2v) is 29.8. The molecule has 1 aliphatic rings. The molecule has 26 nitrogen and oxygen atoms in total. The van der Waals surface area contributed by atoms with Crippen molar-refractivity contribution in [3.63, 3.8) is 0 Å². The number of hydrogen-bond acceptors (Lipinski definition) is 16. The number of carbonyl (C=O) groups is 12. The summed E-state index contributed by atoms with van der Waals surface area (Å²) < 4.78 is 4.85. The highest BCUT2D eigenvalue weighted by Gasteiger charge is 2.47. The van der Waals surface area contributed by atoms with Gasteiger partial charge in [0.2, 0.25) is 65.0 Å². The number of nitrogens with two attached hydrogens (primary N) is 1. The molecule has 1 fully saturated rings. The van der Waals surface area contributed by atoms with Crippen LogP contribution < -0.4 is 27.0 Å².